The van der Waals surface area contributed by atoms with Crippen LogP contribution in [0.15, 0.2) is 39.9 Å². The fraction of sp³-hybridized carbons (Fsp3) is 0.455. The molecule has 3 heterocycles. The number of primary amides is 1. The van der Waals surface area contributed by atoms with Gasteiger partial charge in [0.25, 0.3) is 10.0 Å². The highest BCUT2D eigenvalue weighted by atomic mass is 32.2. The second kappa shape index (κ2) is 9.32. The summed E-state index contributed by atoms with van der Waals surface area (Å²) < 4.78 is 28.4. The number of carbonyl (C=O) groups is 2. The van der Waals surface area contributed by atoms with Gasteiger partial charge in [0.15, 0.2) is 0 Å². The second-order valence-electron chi connectivity index (χ2n) is 8.51. The average Bonchev–Trinajstić information content (AvgIpc) is 3.35. The van der Waals surface area contributed by atoms with Gasteiger partial charge in [-0.25, -0.2) is 13.2 Å². The molecule has 2 aliphatic rings. The molecule has 4 N–H and O–H groups in total. The van der Waals surface area contributed by atoms with E-state index >= 15 is 0 Å². The second-order valence-corrected chi connectivity index (χ2v) is 11.4. The van der Waals surface area contributed by atoms with Crippen molar-refractivity contribution in [2.75, 3.05) is 35.8 Å². The van der Waals surface area contributed by atoms with Crippen LogP contribution in [0.4, 0.5) is 11.4 Å². The van der Waals surface area contributed by atoms with Gasteiger partial charge >= 0.3 is 5.97 Å². The first-order valence-electron chi connectivity index (χ1n) is 11.0. The van der Waals surface area contributed by atoms with Gasteiger partial charge in [0, 0.05) is 13.1 Å². The Labute approximate surface area is 197 Å². The zero-order valence-electron chi connectivity index (χ0n) is 18.2. The summed E-state index contributed by atoms with van der Waals surface area (Å²) in [6, 6.07) is 7.55. The Morgan fingerprint density at radius 2 is 1.76 bits per heavy atom. The Hall–Kier alpha value is -2.63. The van der Waals surface area contributed by atoms with Crippen LogP contribution in [0.3, 0.4) is 0 Å². The van der Waals surface area contributed by atoms with Crippen LogP contribution in [-0.2, 0) is 14.8 Å². The van der Waals surface area contributed by atoms with Gasteiger partial charge in [-0.3, -0.25) is 14.4 Å². The predicted octanol–water partition coefficient (Wildman–Crippen LogP) is 2.56. The number of carbonyl (C=O) groups excluding carboxylic acids is 1. The summed E-state index contributed by atoms with van der Waals surface area (Å²) in [5.74, 6) is -1.46. The third kappa shape index (κ3) is 4.71. The molecule has 4 rings (SSSR count). The lowest BCUT2D eigenvalue weighted by Gasteiger charge is -2.48. The van der Waals surface area contributed by atoms with Crippen molar-refractivity contribution in [1.82, 2.24) is 4.90 Å². The molecule has 1 aromatic carbocycles. The summed E-state index contributed by atoms with van der Waals surface area (Å²) in [6.07, 6.45) is 4.30. The molecule has 0 atom stereocenters. The normalized spacial score (nSPS) is 19.2. The van der Waals surface area contributed by atoms with E-state index in [1.165, 1.54) is 18.2 Å². The number of nitrogens with two attached hydrogens (primary N) is 1. The lowest BCUT2D eigenvalue weighted by molar-refractivity contribution is -0.132. The molecule has 0 bridgehead atoms. The number of thiophene rings is 1. The van der Waals surface area contributed by atoms with E-state index in [2.05, 4.69) is 9.62 Å². The number of hydrogen-bond donors (Lipinski definition) is 3. The summed E-state index contributed by atoms with van der Waals surface area (Å²) in [5.41, 5.74) is 5.95. The topological polar surface area (TPSA) is 133 Å². The third-order valence-electron chi connectivity index (χ3n) is 6.60. The predicted molar refractivity (Wildman–Crippen MR) is 127 cm³/mol. The maximum Gasteiger partial charge on any atom is 0.335 e. The lowest BCUT2D eigenvalue weighted by atomic mass is 9.83. The highest BCUT2D eigenvalue weighted by molar-refractivity contribution is 7.94. The van der Waals surface area contributed by atoms with Gasteiger partial charge < -0.3 is 15.7 Å². The smallest absolute Gasteiger partial charge is 0.335 e. The number of benzene rings is 1. The minimum atomic E-state index is -3.86. The first-order chi connectivity index (χ1) is 15.7. The Morgan fingerprint density at radius 1 is 1.06 bits per heavy atom. The Kier molecular flexibility index (Phi) is 6.64. The lowest BCUT2D eigenvalue weighted by Crippen LogP contribution is -2.63. The van der Waals surface area contributed by atoms with Crippen molar-refractivity contribution in [2.24, 2.45) is 5.73 Å². The van der Waals surface area contributed by atoms with E-state index in [0.29, 0.717) is 31.6 Å². The molecule has 9 nitrogen and oxygen atoms in total. The zero-order chi connectivity index (χ0) is 23.6. The van der Waals surface area contributed by atoms with Crippen LogP contribution in [0.2, 0.25) is 0 Å². The quantitative estimate of drug-likeness (QED) is 0.541. The number of nitrogens with zero attached hydrogens (tertiary/aromatic N) is 2. The number of amides is 1. The molecule has 33 heavy (non-hydrogen) atoms. The number of rotatable bonds is 7. The van der Waals surface area contributed by atoms with Gasteiger partial charge in [-0.15, -0.1) is 11.3 Å². The van der Waals surface area contributed by atoms with Crippen molar-refractivity contribution >= 4 is 44.6 Å². The fourth-order valence-corrected chi connectivity index (χ4v) is 6.85. The van der Waals surface area contributed by atoms with Crippen LogP contribution in [0.5, 0.6) is 0 Å². The summed E-state index contributed by atoms with van der Waals surface area (Å²) in [4.78, 5) is 28.3. The molecule has 178 valence electrons. The fourth-order valence-electron chi connectivity index (χ4n) is 4.80. The average molecular weight is 493 g/mol. The van der Waals surface area contributed by atoms with Gasteiger partial charge in [-0.05, 0) is 68.4 Å². The molecule has 0 saturated carbocycles. The molecule has 0 radical (unpaired) electrons. The number of likely N-dealkylation sites (tertiary alicyclic amines) is 1. The van der Waals surface area contributed by atoms with Gasteiger partial charge in [-0.1, -0.05) is 12.5 Å². The first-order valence-corrected chi connectivity index (χ1v) is 13.3. The highest BCUT2D eigenvalue weighted by Gasteiger charge is 2.45. The molecule has 0 aliphatic carbocycles. The van der Waals surface area contributed by atoms with E-state index in [9.17, 15) is 23.1 Å². The van der Waals surface area contributed by atoms with Gasteiger partial charge in [-0.2, -0.15) is 0 Å². The zero-order valence-corrected chi connectivity index (χ0v) is 19.8. The number of carboxylic acid groups (broad SMARTS) is 1. The van der Waals surface area contributed by atoms with E-state index in [1.54, 1.807) is 17.5 Å². The van der Waals surface area contributed by atoms with Crippen LogP contribution >= 0.6 is 11.3 Å². The van der Waals surface area contributed by atoms with Crippen molar-refractivity contribution in [1.29, 1.82) is 0 Å². The summed E-state index contributed by atoms with van der Waals surface area (Å²) in [7, 11) is -3.86. The van der Waals surface area contributed by atoms with E-state index < -0.39 is 21.5 Å². The number of hydrogen-bond acceptors (Lipinski definition) is 7. The van der Waals surface area contributed by atoms with Gasteiger partial charge in [0.2, 0.25) is 5.91 Å². The minimum absolute atomic E-state index is 0.0144. The molecule has 2 aromatic rings. The van der Waals surface area contributed by atoms with E-state index in [1.807, 2.05) is 4.90 Å². The van der Waals surface area contributed by atoms with Crippen molar-refractivity contribution in [3.05, 3.63) is 41.3 Å². The van der Waals surface area contributed by atoms with Crippen LogP contribution in [0.1, 0.15) is 42.5 Å². The van der Waals surface area contributed by atoms with Crippen molar-refractivity contribution in [3.8, 4) is 0 Å². The Balaban J connectivity index is 1.61. The Morgan fingerprint density at radius 3 is 2.33 bits per heavy atom. The van der Waals surface area contributed by atoms with Gasteiger partial charge in [0.05, 0.1) is 16.9 Å². The number of nitrogens with one attached hydrogen (secondary N) is 1. The third-order valence-corrected chi connectivity index (χ3v) is 9.36. The molecule has 11 heteroatoms. The number of carboxylic acids is 1. The van der Waals surface area contributed by atoms with Gasteiger partial charge in [0.1, 0.15) is 9.75 Å². The molecular formula is C22H28N4O5S2. The molecule has 2 fully saturated rings. The summed E-state index contributed by atoms with van der Waals surface area (Å²) in [5, 5.41) is 11.1. The monoisotopic (exact) mass is 492 g/mol. The highest BCUT2D eigenvalue weighted by Crippen LogP contribution is 2.37. The molecule has 1 amide bonds. The molecule has 2 saturated heterocycles. The standard InChI is InChI=1S/C22H28N4O5S2/c23-21(29)22(26-10-2-1-3-11-26)8-12-25(13-9-22)18-7-6-16(20(27)28)15-17(18)24-33(30,31)19-5-4-14-32-19/h4-7,14-15,24H,1-3,8-13H2,(H2,23,29)(H,27,28). The number of aromatic carboxylic acids is 1. The summed E-state index contributed by atoms with van der Waals surface area (Å²) >= 11 is 1.08. The number of piperidine rings is 2. The number of anilines is 2. The number of sulfonamides is 1. The van der Waals surface area contributed by atoms with Crippen LogP contribution < -0.4 is 15.4 Å². The van der Waals surface area contributed by atoms with E-state index in [0.717, 1.165) is 43.7 Å². The van der Waals surface area contributed by atoms with Crippen molar-refractivity contribution < 1.29 is 23.1 Å². The van der Waals surface area contributed by atoms with Crippen molar-refractivity contribution in [2.45, 2.75) is 41.9 Å². The van der Waals surface area contributed by atoms with E-state index in [-0.39, 0.29) is 21.4 Å². The maximum atomic E-state index is 12.8. The first kappa shape index (κ1) is 23.5. The SMILES string of the molecule is NC(=O)C1(N2CCCCC2)CCN(c2ccc(C(=O)O)cc2NS(=O)(=O)c2cccs2)CC1. The van der Waals surface area contributed by atoms with E-state index in [4.69, 9.17) is 5.73 Å². The van der Waals surface area contributed by atoms with Crippen LogP contribution in [-0.4, -0.2) is 62.0 Å². The van der Waals surface area contributed by atoms with Crippen molar-refractivity contribution in [3.63, 3.8) is 0 Å². The summed E-state index contributed by atoms with van der Waals surface area (Å²) in [6.45, 7) is 2.70. The maximum absolute atomic E-state index is 12.8. The molecule has 1 aromatic heterocycles. The molecule has 0 spiro atoms. The molecule has 2 aliphatic heterocycles. The van der Waals surface area contributed by atoms with Crippen LogP contribution in [0, 0.1) is 0 Å². The molecule has 0 unspecified atom stereocenters. The van der Waals surface area contributed by atoms with Crippen LogP contribution in [0.25, 0.3) is 0 Å². The Bertz CT molecular complexity index is 1120. The largest absolute Gasteiger partial charge is 0.478 e. The molecular weight excluding hydrogens is 464 g/mol. The minimum Gasteiger partial charge on any atom is -0.478 e.